The highest BCUT2D eigenvalue weighted by Crippen LogP contribution is 2.21. The van der Waals surface area contributed by atoms with E-state index in [4.69, 9.17) is 14.2 Å². The van der Waals surface area contributed by atoms with E-state index in [-0.39, 0.29) is 17.3 Å². The zero-order chi connectivity index (χ0) is 21.7. The van der Waals surface area contributed by atoms with Crippen molar-refractivity contribution in [2.24, 2.45) is 0 Å². The quantitative estimate of drug-likeness (QED) is 0.559. The Labute approximate surface area is 177 Å². The summed E-state index contributed by atoms with van der Waals surface area (Å²) >= 11 is 0. The van der Waals surface area contributed by atoms with Crippen LogP contribution in [0.25, 0.3) is 0 Å². The molecule has 2 aromatic rings. The molecule has 0 spiro atoms. The Morgan fingerprint density at radius 3 is 2.43 bits per heavy atom. The van der Waals surface area contributed by atoms with Crippen molar-refractivity contribution < 1.29 is 27.4 Å². The third-order valence-corrected chi connectivity index (χ3v) is 7.11. The number of benzene rings is 1. The molecule has 9 heteroatoms. The van der Waals surface area contributed by atoms with Gasteiger partial charge in [0, 0.05) is 43.7 Å². The summed E-state index contributed by atoms with van der Waals surface area (Å²) in [5, 5.41) is 0. The predicted molar refractivity (Wildman–Crippen MR) is 112 cm³/mol. The maximum Gasteiger partial charge on any atom is 0.243 e. The second kappa shape index (κ2) is 9.74. The smallest absolute Gasteiger partial charge is 0.243 e. The lowest BCUT2D eigenvalue weighted by Gasteiger charge is -2.26. The molecule has 1 aromatic carbocycles. The van der Waals surface area contributed by atoms with E-state index in [0.717, 1.165) is 11.4 Å². The van der Waals surface area contributed by atoms with Crippen molar-refractivity contribution >= 4 is 15.8 Å². The molecule has 164 valence electrons. The number of hydrogen-bond acceptors (Lipinski definition) is 6. The molecule has 1 saturated heterocycles. The Kier molecular flexibility index (Phi) is 7.30. The molecule has 1 fully saturated rings. The number of Topliss-reactive ketones (excluding diaryl/α,β-unsaturated/α-hetero) is 1. The number of hydrogen-bond donors (Lipinski definition) is 0. The molecule has 30 heavy (non-hydrogen) atoms. The third kappa shape index (κ3) is 4.92. The van der Waals surface area contributed by atoms with Crippen LogP contribution in [0.1, 0.15) is 21.7 Å². The number of morpholine rings is 1. The minimum atomic E-state index is -3.55. The van der Waals surface area contributed by atoms with E-state index in [9.17, 15) is 13.2 Å². The SMILES string of the molecule is COCCn1c(C)cc(C(=O)COc2ccc(S(=O)(=O)N3CCOCC3)cc2)c1C. The summed E-state index contributed by atoms with van der Waals surface area (Å²) in [6, 6.07) is 8.00. The number of sulfonamides is 1. The summed E-state index contributed by atoms with van der Waals surface area (Å²) in [6.45, 7) is 6.47. The summed E-state index contributed by atoms with van der Waals surface area (Å²) in [5.41, 5.74) is 2.49. The zero-order valence-corrected chi connectivity index (χ0v) is 18.4. The van der Waals surface area contributed by atoms with E-state index in [0.29, 0.717) is 50.8 Å². The molecular formula is C21H28N2O6S. The Bertz CT molecular complexity index is 976. The predicted octanol–water partition coefficient (Wildman–Crippen LogP) is 2.03. The van der Waals surface area contributed by atoms with Crippen LogP contribution < -0.4 is 4.74 Å². The normalized spacial score (nSPS) is 15.3. The first-order valence-corrected chi connectivity index (χ1v) is 11.3. The lowest BCUT2D eigenvalue weighted by atomic mass is 10.1. The average molecular weight is 437 g/mol. The highest BCUT2D eigenvalue weighted by molar-refractivity contribution is 7.89. The zero-order valence-electron chi connectivity index (χ0n) is 17.6. The Morgan fingerprint density at radius 2 is 1.80 bits per heavy atom. The van der Waals surface area contributed by atoms with Crippen molar-refractivity contribution in [1.29, 1.82) is 0 Å². The van der Waals surface area contributed by atoms with Crippen molar-refractivity contribution in [2.75, 3.05) is 46.6 Å². The van der Waals surface area contributed by atoms with Crippen molar-refractivity contribution in [3.63, 3.8) is 0 Å². The molecule has 0 atom stereocenters. The maximum atomic E-state index is 12.7. The summed E-state index contributed by atoms with van der Waals surface area (Å²) in [7, 11) is -1.91. The number of rotatable bonds is 9. The number of carbonyl (C=O) groups excluding carboxylic acids is 1. The van der Waals surface area contributed by atoms with E-state index in [1.54, 1.807) is 19.2 Å². The van der Waals surface area contributed by atoms with Gasteiger partial charge in [0.2, 0.25) is 15.8 Å². The standard InChI is InChI=1S/C21H28N2O6S/c1-16-14-20(17(2)23(16)10-11-27-3)21(24)15-29-18-4-6-19(7-5-18)30(25,26)22-8-12-28-13-9-22/h4-7,14H,8-13,15H2,1-3H3. The van der Waals surface area contributed by atoms with E-state index in [1.807, 2.05) is 24.5 Å². The number of nitrogens with zero attached hydrogens (tertiary/aromatic N) is 2. The van der Waals surface area contributed by atoms with Crippen LogP contribution >= 0.6 is 0 Å². The Hall–Kier alpha value is -2.20. The van der Waals surface area contributed by atoms with Gasteiger partial charge in [0.15, 0.2) is 6.61 Å². The second-order valence-electron chi connectivity index (χ2n) is 7.13. The van der Waals surface area contributed by atoms with Gasteiger partial charge >= 0.3 is 0 Å². The van der Waals surface area contributed by atoms with Gasteiger partial charge in [-0.15, -0.1) is 0 Å². The lowest BCUT2D eigenvalue weighted by Crippen LogP contribution is -2.40. The van der Waals surface area contributed by atoms with Crippen LogP contribution in [0.3, 0.4) is 0 Å². The lowest BCUT2D eigenvalue weighted by molar-refractivity contribution is 0.0730. The summed E-state index contributed by atoms with van der Waals surface area (Å²) in [6.07, 6.45) is 0. The highest BCUT2D eigenvalue weighted by Gasteiger charge is 2.26. The molecule has 1 aliphatic heterocycles. The summed E-state index contributed by atoms with van der Waals surface area (Å²) in [5.74, 6) is 0.314. The number of methoxy groups -OCH3 is 1. The molecule has 3 rings (SSSR count). The number of aromatic nitrogens is 1. The molecule has 1 aromatic heterocycles. The van der Waals surface area contributed by atoms with Gasteiger partial charge in [0.05, 0.1) is 24.7 Å². The van der Waals surface area contributed by atoms with E-state index in [1.165, 1.54) is 16.4 Å². The van der Waals surface area contributed by atoms with Gasteiger partial charge in [0.1, 0.15) is 5.75 Å². The Balaban J connectivity index is 1.63. The minimum Gasteiger partial charge on any atom is -0.485 e. The van der Waals surface area contributed by atoms with Crippen molar-refractivity contribution in [2.45, 2.75) is 25.3 Å². The fourth-order valence-electron chi connectivity index (χ4n) is 3.48. The molecule has 1 aliphatic rings. The number of aryl methyl sites for hydroxylation is 1. The van der Waals surface area contributed by atoms with E-state index < -0.39 is 10.0 Å². The van der Waals surface area contributed by atoms with Crippen molar-refractivity contribution in [3.8, 4) is 5.75 Å². The first kappa shape index (κ1) is 22.5. The minimum absolute atomic E-state index is 0.121. The van der Waals surface area contributed by atoms with Crippen LogP contribution in [0, 0.1) is 13.8 Å². The van der Waals surface area contributed by atoms with Crippen LogP contribution in [0.15, 0.2) is 35.2 Å². The van der Waals surface area contributed by atoms with Gasteiger partial charge in [0.25, 0.3) is 0 Å². The number of ether oxygens (including phenoxy) is 3. The van der Waals surface area contributed by atoms with Gasteiger partial charge in [-0.2, -0.15) is 4.31 Å². The van der Waals surface area contributed by atoms with Crippen LogP contribution in [-0.2, 0) is 26.0 Å². The number of carbonyl (C=O) groups is 1. The molecule has 0 unspecified atom stereocenters. The van der Waals surface area contributed by atoms with Gasteiger partial charge in [-0.3, -0.25) is 4.79 Å². The third-order valence-electron chi connectivity index (χ3n) is 5.19. The second-order valence-corrected chi connectivity index (χ2v) is 9.07. The summed E-state index contributed by atoms with van der Waals surface area (Å²) < 4.78 is 44.7. The summed E-state index contributed by atoms with van der Waals surface area (Å²) in [4.78, 5) is 12.8. The molecular weight excluding hydrogens is 408 g/mol. The molecule has 0 bridgehead atoms. The topological polar surface area (TPSA) is 87.1 Å². The average Bonchev–Trinajstić information content (AvgIpc) is 3.05. The molecule has 2 heterocycles. The van der Waals surface area contributed by atoms with E-state index >= 15 is 0 Å². The van der Waals surface area contributed by atoms with E-state index in [2.05, 4.69) is 0 Å². The van der Waals surface area contributed by atoms with Crippen LogP contribution in [-0.4, -0.2) is 69.7 Å². The molecule has 0 amide bonds. The van der Waals surface area contributed by atoms with Gasteiger partial charge < -0.3 is 18.8 Å². The molecule has 8 nitrogen and oxygen atoms in total. The highest BCUT2D eigenvalue weighted by atomic mass is 32.2. The first-order valence-electron chi connectivity index (χ1n) is 9.84. The molecule has 0 aliphatic carbocycles. The van der Waals surface area contributed by atoms with Crippen molar-refractivity contribution in [3.05, 3.63) is 47.3 Å². The van der Waals surface area contributed by atoms with Crippen molar-refractivity contribution in [1.82, 2.24) is 8.87 Å². The molecule has 0 radical (unpaired) electrons. The van der Waals surface area contributed by atoms with Gasteiger partial charge in [-0.25, -0.2) is 8.42 Å². The fourth-order valence-corrected chi connectivity index (χ4v) is 4.89. The fraction of sp³-hybridized carbons (Fsp3) is 0.476. The largest absolute Gasteiger partial charge is 0.485 e. The monoisotopic (exact) mass is 436 g/mol. The molecule has 0 saturated carbocycles. The Morgan fingerprint density at radius 1 is 1.13 bits per heavy atom. The van der Waals surface area contributed by atoms with Gasteiger partial charge in [-0.1, -0.05) is 0 Å². The van der Waals surface area contributed by atoms with Crippen LogP contribution in [0.4, 0.5) is 0 Å². The van der Waals surface area contributed by atoms with Crippen LogP contribution in [0.5, 0.6) is 5.75 Å². The van der Waals surface area contributed by atoms with Crippen LogP contribution in [0.2, 0.25) is 0 Å². The maximum absolute atomic E-state index is 12.7. The first-order chi connectivity index (χ1) is 14.3. The molecule has 0 N–H and O–H groups in total. The number of ketones is 1. The van der Waals surface area contributed by atoms with Gasteiger partial charge in [-0.05, 0) is 44.2 Å².